The van der Waals surface area contributed by atoms with E-state index in [2.05, 4.69) is 12.0 Å². The van der Waals surface area contributed by atoms with Gasteiger partial charge in [-0.3, -0.25) is 4.79 Å². The predicted octanol–water partition coefficient (Wildman–Crippen LogP) is 3.26. The lowest BCUT2D eigenvalue weighted by Gasteiger charge is -2.39. The molecule has 0 unspecified atom stereocenters. The molecule has 0 N–H and O–H groups in total. The Morgan fingerprint density at radius 2 is 1.77 bits per heavy atom. The molecule has 0 saturated carbocycles. The lowest BCUT2D eigenvalue weighted by molar-refractivity contribution is -0.262. The summed E-state index contributed by atoms with van der Waals surface area (Å²) in [5.74, 6) is -1.35. The molecule has 5 atom stereocenters. The number of hydrazone groups is 1. The van der Waals surface area contributed by atoms with Crippen LogP contribution >= 0.6 is 0 Å². The van der Waals surface area contributed by atoms with Gasteiger partial charge >= 0.3 is 0 Å². The van der Waals surface area contributed by atoms with Gasteiger partial charge in [-0.1, -0.05) is 32.6 Å². The summed E-state index contributed by atoms with van der Waals surface area (Å²) in [4.78, 5) is 12.7. The number of hydrogen-bond donors (Lipinski definition) is 0. The van der Waals surface area contributed by atoms with Gasteiger partial charge in [0.1, 0.15) is 6.10 Å². The van der Waals surface area contributed by atoms with Gasteiger partial charge in [0.15, 0.2) is 30.1 Å². The van der Waals surface area contributed by atoms with Gasteiger partial charge in [0.2, 0.25) is 11.8 Å². The number of nitrogens with zero attached hydrogens (tertiary/aromatic N) is 2. The molecule has 31 heavy (non-hydrogen) atoms. The summed E-state index contributed by atoms with van der Waals surface area (Å²) < 4.78 is 36.8. The van der Waals surface area contributed by atoms with E-state index in [0.29, 0.717) is 18.9 Å². The molecule has 1 spiro atoms. The first-order chi connectivity index (χ1) is 14.6. The summed E-state index contributed by atoms with van der Waals surface area (Å²) in [6.45, 7) is 11.3. The Labute approximate surface area is 184 Å². The summed E-state index contributed by atoms with van der Waals surface area (Å²) in [6.07, 6.45) is 3.77. The van der Waals surface area contributed by atoms with Gasteiger partial charge in [0.25, 0.3) is 5.72 Å². The minimum atomic E-state index is -1.29. The van der Waals surface area contributed by atoms with E-state index in [-0.39, 0.29) is 5.91 Å². The van der Waals surface area contributed by atoms with Crippen molar-refractivity contribution in [2.75, 3.05) is 6.61 Å². The largest absolute Gasteiger partial charge is 0.445 e. The quantitative estimate of drug-likeness (QED) is 0.562. The molecule has 3 saturated heterocycles. The van der Waals surface area contributed by atoms with Crippen LogP contribution < -0.4 is 0 Å². The third kappa shape index (κ3) is 4.23. The van der Waals surface area contributed by atoms with Gasteiger partial charge in [-0.15, -0.1) is 5.10 Å². The lowest BCUT2D eigenvalue weighted by atomic mass is 9.97. The standard InChI is InChI=1S/C22H36N2O7/c1-7-8-9-10-11-12-16-23-24(14(2)25)22(29-16)17(15-13-26-20(3,4)28-15)27-19-18(22)30-21(5,6)31-19/h15,17-19H,7-13H2,1-6H3/t15-,17+,18-,19+,22-/m0/s1. The molecule has 4 aliphatic rings. The summed E-state index contributed by atoms with van der Waals surface area (Å²) in [5, 5.41) is 5.95. The second-order valence-corrected chi connectivity index (χ2v) is 9.69. The molecule has 176 valence electrons. The van der Waals surface area contributed by atoms with Crippen LogP contribution in [0.15, 0.2) is 5.10 Å². The topological polar surface area (TPSA) is 88.1 Å². The van der Waals surface area contributed by atoms with E-state index in [9.17, 15) is 4.79 Å². The first-order valence-corrected chi connectivity index (χ1v) is 11.5. The molecule has 0 bridgehead atoms. The first-order valence-electron chi connectivity index (χ1n) is 11.5. The zero-order valence-corrected chi connectivity index (χ0v) is 19.5. The highest BCUT2D eigenvalue weighted by Crippen LogP contribution is 2.51. The van der Waals surface area contributed by atoms with Crippen molar-refractivity contribution >= 4 is 11.8 Å². The van der Waals surface area contributed by atoms with Crippen molar-refractivity contribution in [1.29, 1.82) is 0 Å². The molecule has 0 aromatic rings. The van der Waals surface area contributed by atoms with E-state index in [1.807, 2.05) is 27.7 Å². The number of rotatable bonds is 7. The number of hydrogen-bond acceptors (Lipinski definition) is 8. The molecule has 0 aromatic carbocycles. The molecule has 3 fully saturated rings. The van der Waals surface area contributed by atoms with Crippen molar-refractivity contribution in [3.8, 4) is 0 Å². The maximum atomic E-state index is 12.7. The third-order valence-electron chi connectivity index (χ3n) is 6.14. The van der Waals surface area contributed by atoms with Gasteiger partial charge in [0.05, 0.1) is 6.61 Å². The molecular weight excluding hydrogens is 404 g/mol. The van der Waals surface area contributed by atoms with Gasteiger partial charge in [-0.25, -0.2) is 0 Å². The number of ether oxygens (including phenoxy) is 6. The van der Waals surface area contributed by atoms with Crippen molar-refractivity contribution < 1.29 is 33.2 Å². The van der Waals surface area contributed by atoms with Crippen LogP contribution in [0.4, 0.5) is 0 Å². The van der Waals surface area contributed by atoms with E-state index in [0.717, 1.165) is 12.8 Å². The van der Waals surface area contributed by atoms with Crippen molar-refractivity contribution in [2.24, 2.45) is 5.10 Å². The highest BCUT2D eigenvalue weighted by molar-refractivity contribution is 5.83. The van der Waals surface area contributed by atoms with Gasteiger partial charge < -0.3 is 28.4 Å². The van der Waals surface area contributed by atoms with Crippen molar-refractivity contribution in [3.63, 3.8) is 0 Å². The highest BCUT2D eigenvalue weighted by Gasteiger charge is 2.73. The summed E-state index contributed by atoms with van der Waals surface area (Å²) in [7, 11) is 0. The predicted molar refractivity (Wildman–Crippen MR) is 111 cm³/mol. The Hall–Kier alpha value is -1.26. The third-order valence-corrected chi connectivity index (χ3v) is 6.14. The Bertz CT molecular complexity index is 725. The second-order valence-electron chi connectivity index (χ2n) is 9.69. The maximum absolute atomic E-state index is 12.7. The van der Waals surface area contributed by atoms with Crippen LogP contribution in [-0.2, 0) is 33.2 Å². The number of fused-ring (bicyclic) bond motifs is 2. The molecule has 4 aliphatic heterocycles. The molecule has 0 radical (unpaired) electrons. The van der Waals surface area contributed by atoms with Gasteiger partial charge in [-0.05, 0) is 34.1 Å². The normalized spacial score (nSPS) is 37.9. The molecule has 4 rings (SSSR count). The van der Waals surface area contributed by atoms with E-state index in [1.165, 1.54) is 31.2 Å². The van der Waals surface area contributed by atoms with Gasteiger partial charge in [-0.2, -0.15) is 5.01 Å². The van der Waals surface area contributed by atoms with Crippen LogP contribution in [0.3, 0.4) is 0 Å². The van der Waals surface area contributed by atoms with Crippen molar-refractivity contribution in [2.45, 2.75) is 122 Å². The van der Waals surface area contributed by atoms with E-state index < -0.39 is 41.9 Å². The Morgan fingerprint density at radius 1 is 1.03 bits per heavy atom. The molecule has 1 amide bonds. The molecular formula is C22H36N2O7. The van der Waals surface area contributed by atoms with E-state index in [4.69, 9.17) is 28.4 Å². The number of unbranched alkanes of at least 4 members (excludes halogenated alkanes) is 4. The second kappa shape index (κ2) is 8.26. The summed E-state index contributed by atoms with van der Waals surface area (Å²) >= 11 is 0. The zero-order chi connectivity index (χ0) is 22.4. The zero-order valence-electron chi connectivity index (χ0n) is 19.5. The number of amides is 1. The molecule has 0 aliphatic carbocycles. The van der Waals surface area contributed by atoms with Crippen LogP contribution in [0.5, 0.6) is 0 Å². The summed E-state index contributed by atoms with van der Waals surface area (Å²) in [6, 6.07) is 0. The highest BCUT2D eigenvalue weighted by atomic mass is 16.9. The van der Waals surface area contributed by atoms with Crippen molar-refractivity contribution in [1.82, 2.24) is 5.01 Å². The van der Waals surface area contributed by atoms with Crippen LogP contribution in [0, 0.1) is 0 Å². The molecule has 4 heterocycles. The Morgan fingerprint density at radius 3 is 2.42 bits per heavy atom. The lowest BCUT2D eigenvalue weighted by Crippen LogP contribution is -2.63. The minimum absolute atomic E-state index is 0.248. The molecule has 9 nitrogen and oxygen atoms in total. The number of carbonyl (C=O) groups is 1. The van der Waals surface area contributed by atoms with Crippen molar-refractivity contribution in [3.05, 3.63) is 0 Å². The Kier molecular flexibility index (Phi) is 6.11. The van der Waals surface area contributed by atoms with Gasteiger partial charge in [0, 0.05) is 13.3 Å². The fourth-order valence-electron chi connectivity index (χ4n) is 4.83. The molecule has 9 heteroatoms. The van der Waals surface area contributed by atoms with E-state index >= 15 is 0 Å². The van der Waals surface area contributed by atoms with E-state index in [1.54, 1.807) is 0 Å². The average Bonchev–Trinajstić information content (AvgIpc) is 3.38. The Balaban J connectivity index is 1.59. The monoisotopic (exact) mass is 440 g/mol. The van der Waals surface area contributed by atoms with Crippen LogP contribution in [0.25, 0.3) is 0 Å². The summed E-state index contributed by atoms with van der Waals surface area (Å²) in [5.41, 5.74) is -1.29. The fourth-order valence-corrected chi connectivity index (χ4v) is 4.83. The maximum Gasteiger partial charge on any atom is 0.266 e. The fraction of sp³-hybridized carbons (Fsp3) is 0.909. The SMILES string of the molecule is CCCCCCCC1=NN(C(C)=O)[C@]2(O1)[C@@H]([C@@H]1COC(C)(C)O1)O[C@@H]1OC(C)(C)O[C@@H]12. The van der Waals surface area contributed by atoms with Crippen LogP contribution in [0.1, 0.15) is 80.1 Å². The molecule has 0 aromatic heterocycles. The van der Waals surface area contributed by atoms with Crippen LogP contribution in [0.2, 0.25) is 0 Å². The smallest absolute Gasteiger partial charge is 0.266 e. The minimum Gasteiger partial charge on any atom is -0.445 e. The van der Waals surface area contributed by atoms with Crippen LogP contribution in [-0.4, -0.2) is 65.3 Å². The first kappa shape index (κ1) is 22.9. The average molecular weight is 441 g/mol. The number of carbonyl (C=O) groups excluding carboxylic acids is 1.